The molecule has 6 rings (SSSR count). The molecule has 1 aromatic heterocycles. The number of ketones is 1. The van der Waals surface area contributed by atoms with Crippen LogP contribution < -0.4 is 16.2 Å². The number of nitrogen functional groups attached to an aromatic ring is 1. The van der Waals surface area contributed by atoms with Crippen molar-refractivity contribution in [2.24, 2.45) is 11.1 Å². The number of piperidine rings is 3. The summed E-state index contributed by atoms with van der Waals surface area (Å²) in [5.74, 6) is -1.94. The van der Waals surface area contributed by atoms with E-state index in [0.717, 1.165) is 37.3 Å². The zero-order valence-electron chi connectivity index (χ0n) is 18.9. The smallest absolute Gasteiger partial charge is 0.276 e. The van der Waals surface area contributed by atoms with Crippen LogP contribution in [0.4, 0.5) is 5.13 Å². The van der Waals surface area contributed by atoms with Crippen LogP contribution in [0, 0.1) is 5.92 Å². The Morgan fingerprint density at radius 1 is 1.37 bits per heavy atom. The summed E-state index contributed by atoms with van der Waals surface area (Å²) in [7, 11) is 1.28. The van der Waals surface area contributed by atoms with Crippen LogP contribution in [0.25, 0.3) is 0 Å². The lowest BCUT2D eigenvalue weighted by molar-refractivity contribution is -0.926. The summed E-state index contributed by atoms with van der Waals surface area (Å²) < 4.78 is 0.530. The number of carbonyl (C=O) groups excluding carboxylic acids is 4. The molecular formula is C21H24N6O6S2. The number of carboxylic acids is 1. The molecule has 2 atom stereocenters. The minimum Gasteiger partial charge on any atom is -0.543 e. The lowest BCUT2D eigenvalue weighted by atomic mass is 9.84. The van der Waals surface area contributed by atoms with Crippen molar-refractivity contribution >= 4 is 57.5 Å². The number of nitrogens with one attached hydrogen (secondary N) is 1. The molecule has 2 bridgehead atoms. The van der Waals surface area contributed by atoms with Gasteiger partial charge in [-0.2, -0.15) is 0 Å². The second-order valence-electron chi connectivity index (χ2n) is 9.14. The van der Waals surface area contributed by atoms with Crippen molar-refractivity contribution in [1.29, 1.82) is 0 Å². The van der Waals surface area contributed by atoms with Crippen molar-refractivity contribution in [3.05, 3.63) is 22.3 Å². The topological polar surface area (TPSA) is 167 Å². The van der Waals surface area contributed by atoms with E-state index in [1.165, 1.54) is 23.8 Å². The summed E-state index contributed by atoms with van der Waals surface area (Å²) >= 11 is 2.50. The highest BCUT2D eigenvalue weighted by molar-refractivity contribution is 8.00. The van der Waals surface area contributed by atoms with Crippen molar-refractivity contribution in [2.75, 3.05) is 44.8 Å². The molecule has 14 heteroatoms. The van der Waals surface area contributed by atoms with Gasteiger partial charge >= 0.3 is 0 Å². The van der Waals surface area contributed by atoms with Crippen molar-refractivity contribution in [3.8, 4) is 0 Å². The van der Waals surface area contributed by atoms with Crippen molar-refractivity contribution in [2.45, 2.75) is 24.3 Å². The number of rotatable bonds is 7. The van der Waals surface area contributed by atoms with E-state index in [4.69, 9.17) is 10.6 Å². The number of carbonyl (C=O) groups is 4. The summed E-state index contributed by atoms with van der Waals surface area (Å²) in [4.78, 5) is 60.3. The van der Waals surface area contributed by atoms with E-state index in [9.17, 15) is 24.3 Å². The molecular weight excluding hydrogens is 496 g/mol. The number of nitrogens with zero attached hydrogens (tertiary/aromatic N) is 4. The Bertz CT molecular complexity index is 1170. The first kappa shape index (κ1) is 23.8. The third-order valence-electron chi connectivity index (χ3n) is 7.07. The summed E-state index contributed by atoms with van der Waals surface area (Å²) in [6.07, 6.45) is 1.63. The Labute approximate surface area is 208 Å². The zero-order valence-corrected chi connectivity index (χ0v) is 20.5. The van der Waals surface area contributed by atoms with Gasteiger partial charge in [-0.15, -0.1) is 23.1 Å². The Morgan fingerprint density at radius 3 is 2.71 bits per heavy atom. The van der Waals surface area contributed by atoms with Gasteiger partial charge in [0.25, 0.3) is 11.8 Å². The molecule has 3 N–H and O–H groups in total. The number of oxime groups is 1. The second kappa shape index (κ2) is 8.91. The van der Waals surface area contributed by atoms with Crippen LogP contribution in [-0.2, 0) is 24.0 Å². The van der Waals surface area contributed by atoms with Gasteiger partial charge in [-0.25, -0.2) is 4.98 Å². The number of fused-ring (bicyclic) bond motifs is 4. The van der Waals surface area contributed by atoms with Crippen LogP contribution >= 0.6 is 23.1 Å². The van der Waals surface area contributed by atoms with Crippen molar-refractivity contribution in [3.63, 3.8) is 0 Å². The van der Waals surface area contributed by atoms with Gasteiger partial charge in [0, 0.05) is 35.5 Å². The number of hydrogen-bond donors (Lipinski definition) is 2. The molecule has 0 unspecified atom stereocenters. The molecule has 0 radical (unpaired) electrons. The zero-order chi connectivity index (χ0) is 24.9. The molecule has 186 valence electrons. The monoisotopic (exact) mass is 520 g/mol. The molecule has 2 amide bonds. The number of thiazole rings is 1. The fraction of sp³-hybridized carbons (Fsp3) is 0.524. The van der Waals surface area contributed by atoms with Crippen LogP contribution in [0.2, 0.25) is 0 Å². The average Bonchev–Trinajstić information content (AvgIpc) is 3.26. The van der Waals surface area contributed by atoms with E-state index < -0.39 is 29.2 Å². The number of aliphatic carboxylic acids is 1. The fourth-order valence-corrected chi connectivity index (χ4v) is 7.25. The third-order valence-corrected chi connectivity index (χ3v) is 9.08. The van der Waals surface area contributed by atoms with Crippen LogP contribution in [0.15, 0.2) is 21.8 Å². The first-order valence-corrected chi connectivity index (χ1v) is 13.0. The SMILES string of the molecule is CO/N=C(\C(=O)N[C@@H]1C(=O)N2C(C(=O)[O-])=C(C[N+]34CCC(CC3)C(=O)C4)CS[C@H]12)c1csc(N)n1. The maximum Gasteiger partial charge on any atom is 0.276 e. The molecule has 1 aromatic rings. The summed E-state index contributed by atoms with van der Waals surface area (Å²) in [5, 5.41) is 19.7. The molecule has 4 fully saturated rings. The molecule has 0 aromatic carbocycles. The van der Waals surface area contributed by atoms with Crippen LogP contribution in [0.1, 0.15) is 18.5 Å². The highest BCUT2D eigenvalue weighted by Gasteiger charge is 2.54. The van der Waals surface area contributed by atoms with E-state index >= 15 is 0 Å². The number of quaternary nitrogens is 1. The predicted molar refractivity (Wildman–Crippen MR) is 125 cm³/mol. The molecule has 5 aliphatic rings. The number of carboxylic acid groups (broad SMARTS) is 1. The lowest BCUT2D eigenvalue weighted by Crippen LogP contribution is -2.72. The predicted octanol–water partition coefficient (Wildman–Crippen LogP) is -1.71. The second-order valence-corrected chi connectivity index (χ2v) is 11.1. The van der Waals surface area contributed by atoms with E-state index in [0.29, 0.717) is 28.9 Å². The van der Waals surface area contributed by atoms with Gasteiger partial charge in [0.05, 0.1) is 24.8 Å². The Morgan fingerprint density at radius 2 is 2.11 bits per heavy atom. The van der Waals surface area contributed by atoms with Gasteiger partial charge < -0.3 is 30.3 Å². The number of hydrogen-bond acceptors (Lipinski definition) is 11. The van der Waals surface area contributed by atoms with Crippen LogP contribution in [0.3, 0.4) is 0 Å². The number of β-lactam (4-membered cyclic amide) rings is 1. The molecule has 6 heterocycles. The maximum absolute atomic E-state index is 13.0. The minimum atomic E-state index is -1.43. The van der Waals surface area contributed by atoms with E-state index in [-0.39, 0.29) is 33.9 Å². The lowest BCUT2D eigenvalue weighted by Gasteiger charge is -2.53. The largest absolute Gasteiger partial charge is 0.543 e. The minimum absolute atomic E-state index is 0.128. The molecule has 0 spiro atoms. The number of Topliss-reactive ketones (excluding diaryl/α,β-unsaturated/α-hetero) is 1. The van der Waals surface area contributed by atoms with Gasteiger partial charge in [-0.05, 0) is 0 Å². The van der Waals surface area contributed by atoms with Crippen molar-refractivity contribution in [1.82, 2.24) is 15.2 Å². The molecule has 5 aliphatic heterocycles. The first-order chi connectivity index (χ1) is 16.7. The fourth-order valence-electron chi connectivity index (χ4n) is 5.37. The van der Waals surface area contributed by atoms with Gasteiger partial charge in [0.1, 0.15) is 37.3 Å². The maximum atomic E-state index is 13.0. The van der Waals surface area contributed by atoms with E-state index in [2.05, 4.69) is 15.5 Å². The summed E-state index contributed by atoms with van der Waals surface area (Å²) in [5.41, 5.74) is 6.16. The normalized spacial score (nSPS) is 30.1. The third kappa shape index (κ3) is 4.08. The first-order valence-electron chi connectivity index (χ1n) is 11.1. The Balaban J connectivity index is 1.34. The molecule has 35 heavy (non-hydrogen) atoms. The highest BCUT2D eigenvalue weighted by atomic mass is 32.2. The number of nitrogens with two attached hydrogens (primary N) is 1. The standard InChI is InChI=1S/C21H24N6O6S2/c1-33-25-14(12-9-35-21(22)23-12)17(29)24-15-18(30)26-16(20(31)32)11(8-34-19(15)26)6-27-4-2-10(3-5-27)13(28)7-27/h9-10,15,19H,2-8H2,1H3,(H3-,22,23,24,29,31,32)/b25-14-/t10?,15-,19-,27?/m1/s1. The molecule has 0 saturated carbocycles. The van der Waals surface area contributed by atoms with Gasteiger partial charge in [0.15, 0.2) is 16.6 Å². The summed E-state index contributed by atoms with van der Waals surface area (Å²) in [6.45, 7) is 2.45. The highest BCUT2D eigenvalue weighted by Crippen LogP contribution is 2.42. The van der Waals surface area contributed by atoms with Crippen molar-refractivity contribution < 1.29 is 33.6 Å². The van der Waals surface area contributed by atoms with Gasteiger partial charge in [0.2, 0.25) is 0 Å². The van der Waals surface area contributed by atoms with Crippen LogP contribution in [-0.4, -0.2) is 94.1 Å². The number of aromatic nitrogens is 1. The molecule has 12 nitrogen and oxygen atoms in total. The number of amides is 2. The van der Waals surface area contributed by atoms with Gasteiger partial charge in [-0.3, -0.25) is 19.3 Å². The number of anilines is 1. The van der Waals surface area contributed by atoms with Gasteiger partial charge in [-0.1, -0.05) is 5.16 Å². The molecule has 4 saturated heterocycles. The Kier molecular flexibility index (Phi) is 6.05. The van der Waals surface area contributed by atoms with E-state index in [1.807, 2.05) is 0 Å². The average molecular weight is 521 g/mol. The summed E-state index contributed by atoms with van der Waals surface area (Å²) in [6, 6.07) is -0.944. The quantitative estimate of drug-likeness (QED) is 0.184. The molecule has 0 aliphatic carbocycles. The Hall–Kier alpha value is -2.97. The van der Waals surface area contributed by atoms with Crippen LogP contribution in [0.5, 0.6) is 0 Å². The van der Waals surface area contributed by atoms with E-state index in [1.54, 1.807) is 5.38 Å². The number of thioether (sulfide) groups is 1.